The summed E-state index contributed by atoms with van der Waals surface area (Å²) < 4.78 is 12.8. The Hall–Kier alpha value is -2.65. The van der Waals surface area contributed by atoms with E-state index in [2.05, 4.69) is 31.3 Å². The molecule has 0 aliphatic rings. The van der Waals surface area contributed by atoms with Crippen LogP contribution in [0, 0.1) is 0 Å². The Morgan fingerprint density at radius 1 is 1.32 bits per heavy atom. The molecule has 3 heterocycles. The number of halogens is 1. The molecule has 0 aliphatic heterocycles. The van der Waals surface area contributed by atoms with Crippen molar-refractivity contribution in [2.24, 2.45) is 0 Å². The Labute approximate surface area is 154 Å². The van der Waals surface area contributed by atoms with Crippen molar-refractivity contribution < 1.29 is 13.9 Å². The Morgan fingerprint density at radius 3 is 2.92 bits per heavy atom. The number of fused-ring (bicyclic) bond motifs is 1. The van der Waals surface area contributed by atoms with Crippen LogP contribution in [0.3, 0.4) is 0 Å². The molecule has 1 amide bonds. The molecule has 0 aliphatic carbocycles. The van der Waals surface area contributed by atoms with Gasteiger partial charge in [-0.15, -0.1) is 16.4 Å². The van der Waals surface area contributed by atoms with Gasteiger partial charge in [0.1, 0.15) is 5.75 Å². The highest BCUT2D eigenvalue weighted by atomic mass is 79.9. The molecular weight excluding hydrogens is 408 g/mol. The molecule has 0 bridgehead atoms. The summed E-state index contributed by atoms with van der Waals surface area (Å²) in [6.45, 7) is 0. The Kier molecular flexibility index (Phi) is 4.02. The maximum Gasteiger partial charge on any atom is 0.293 e. The van der Waals surface area contributed by atoms with Crippen molar-refractivity contribution in [2.45, 2.75) is 0 Å². The van der Waals surface area contributed by atoms with E-state index in [-0.39, 0.29) is 11.7 Å². The van der Waals surface area contributed by atoms with Crippen molar-refractivity contribution >= 4 is 44.1 Å². The summed E-state index contributed by atoms with van der Waals surface area (Å²) in [5, 5.41) is 8.95. The predicted octanol–water partition coefficient (Wildman–Crippen LogP) is 4.07. The summed E-state index contributed by atoms with van der Waals surface area (Å²) in [5.74, 6) is 0.710. The highest BCUT2D eigenvalue weighted by Gasteiger charge is 2.17. The summed E-state index contributed by atoms with van der Waals surface area (Å²) in [6, 6.07) is 10.9. The SMILES string of the molecule is COc1ccccc1-c1csc2nc(NC(=O)c3ccc(Br)o3)nn12. The van der Waals surface area contributed by atoms with E-state index in [9.17, 15) is 4.79 Å². The lowest BCUT2D eigenvalue weighted by Crippen LogP contribution is -2.12. The van der Waals surface area contributed by atoms with Gasteiger partial charge in [-0.3, -0.25) is 10.1 Å². The molecule has 25 heavy (non-hydrogen) atoms. The number of aromatic nitrogens is 3. The Balaban J connectivity index is 1.68. The van der Waals surface area contributed by atoms with Crippen LogP contribution < -0.4 is 10.1 Å². The number of nitrogens with one attached hydrogen (secondary N) is 1. The Bertz CT molecular complexity index is 1070. The van der Waals surface area contributed by atoms with E-state index in [1.165, 1.54) is 11.3 Å². The molecule has 4 aromatic rings. The lowest BCUT2D eigenvalue weighted by atomic mass is 10.1. The fourth-order valence-corrected chi connectivity index (χ4v) is 3.50. The lowest BCUT2D eigenvalue weighted by Gasteiger charge is -2.06. The molecule has 0 atom stereocenters. The van der Waals surface area contributed by atoms with Gasteiger partial charge in [0, 0.05) is 10.9 Å². The summed E-state index contributed by atoms with van der Waals surface area (Å²) >= 11 is 4.59. The van der Waals surface area contributed by atoms with Crippen LogP contribution in [-0.2, 0) is 0 Å². The van der Waals surface area contributed by atoms with Crippen molar-refractivity contribution in [1.82, 2.24) is 14.6 Å². The zero-order chi connectivity index (χ0) is 17.4. The smallest absolute Gasteiger partial charge is 0.293 e. The molecule has 0 unspecified atom stereocenters. The number of furan rings is 1. The average Bonchev–Trinajstić information content (AvgIpc) is 3.30. The van der Waals surface area contributed by atoms with Crippen molar-refractivity contribution in [2.75, 3.05) is 12.4 Å². The van der Waals surface area contributed by atoms with Gasteiger partial charge in [-0.2, -0.15) is 4.98 Å². The van der Waals surface area contributed by atoms with E-state index >= 15 is 0 Å². The van der Waals surface area contributed by atoms with E-state index < -0.39 is 5.91 Å². The summed E-state index contributed by atoms with van der Waals surface area (Å²) in [4.78, 5) is 17.1. The van der Waals surface area contributed by atoms with Crippen molar-refractivity contribution in [1.29, 1.82) is 0 Å². The van der Waals surface area contributed by atoms with Crippen molar-refractivity contribution in [3.63, 3.8) is 0 Å². The van der Waals surface area contributed by atoms with E-state index in [0.717, 1.165) is 17.0 Å². The quantitative estimate of drug-likeness (QED) is 0.539. The second-order valence-corrected chi connectivity index (χ2v) is 6.63. The van der Waals surface area contributed by atoms with Crippen LogP contribution in [0.1, 0.15) is 10.6 Å². The number of para-hydroxylation sites is 1. The number of carbonyl (C=O) groups excluding carboxylic acids is 1. The highest BCUT2D eigenvalue weighted by molar-refractivity contribution is 9.10. The number of benzene rings is 1. The van der Waals surface area contributed by atoms with Gasteiger partial charge < -0.3 is 9.15 Å². The summed E-state index contributed by atoms with van der Waals surface area (Å²) in [7, 11) is 1.62. The first-order valence-electron chi connectivity index (χ1n) is 7.20. The van der Waals surface area contributed by atoms with Gasteiger partial charge in [0.25, 0.3) is 11.9 Å². The van der Waals surface area contributed by atoms with Crippen LogP contribution in [0.2, 0.25) is 0 Å². The third-order valence-electron chi connectivity index (χ3n) is 3.49. The van der Waals surface area contributed by atoms with Gasteiger partial charge in [0.05, 0.1) is 12.8 Å². The van der Waals surface area contributed by atoms with Gasteiger partial charge in [-0.25, -0.2) is 4.52 Å². The highest BCUT2D eigenvalue weighted by Crippen LogP contribution is 2.32. The summed E-state index contributed by atoms with van der Waals surface area (Å²) in [6.07, 6.45) is 0. The van der Waals surface area contributed by atoms with E-state index in [1.54, 1.807) is 23.8 Å². The first kappa shape index (κ1) is 15.9. The molecular formula is C16H11BrN4O3S. The van der Waals surface area contributed by atoms with Crippen LogP contribution in [0.4, 0.5) is 5.95 Å². The second kappa shape index (κ2) is 6.34. The van der Waals surface area contributed by atoms with Crippen LogP contribution in [0.15, 0.2) is 50.9 Å². The molecule has 3 aromatic heterocycles. The van der Waals surface area contributed by atoms with E-state index in [0.29, 0.717) is 9.63 Å². The zero-order valence-electron chi connectivity index (χ0n) is 12.9. The largest absolute Gasteiger partial charge is 0.496 e. The van der Waals surface area contributed by atoms with Gasteiger partial charge in [0.15, 0.2) is 10.4 Å². The molecule has 0 saturated carbocycles. The van der Waals surface area contributed by atoms with E-state index in [4.69, 9.17) is 9.15 Å². The molecule has 1 aromatic carbocycles. The number of hydrogen-bond acceptors (Lipinski definition) is 6. The van der Waals surface area contributed by atoms with Gasteiger partial charge >= 0.3 is 0 Å². The minimum atomic E-state index is -0.414. The Morgan fingerprint density at radius 2 is 2.16 bits per heavy atom. The van der Waals surface area contributed by atoms with Crippen molar-refractivity contribution in [3.8, 4) is 17.0 Å². The summed E-state index contributed by atoms with van der Waals surface area (Å²) in [5.41, 5.74) is 1.74. The molecule has 126 valence electrons. The monoisotopic (exact) mass is 418 g/mol. The molecule has 0 saturated heterocycles. The van der Waals surface area contributed by atoms with Gasteiger partial charge in [0.2, 0.25) is 4.96 Å². The number of thiazole rings is 1. The van der Waals surface area contributed by atoms with Crippen LogP contribution >= 0.6 is 27.3 Å². The molecule has 7 nitrogen and oxygen atoms in total. The normalized spacial score (nSPS) is 11.0. The maximum absolute atomic E-state index is 12.1. The zero-order valence-corrected chi connectivity index (χ0v) is 15.3. The number of amides is 1. The minimum absolute atomic E-state index is 0.176. The standard InChI is InChI=1S/C16H11BrN4O3S/c1-23-11-5-3-2-4-9(11)10-8-25-16-19-15(20-21(10)16)18-14(22)12-6-7-13(17)24-12/h2-8H,1H3,(H,18,20,22). The number of carbonyl (C=O) groups is 1. The lowest BCUT2D eigenvalue weighted by molar-refractivity contribution is 0.0994. The molecule has 9 heteroatoms. The topological polar surface area (TPSA) is 81.7 Å². The number of ether oxygens (including phenoxy) is 1. The third-order valence-corrected chi connectivity index (χ3v) is 4.73. The first-order valence-corrected chi connectivity index (χ1v) is 8.87. The number of anilines is 1. The maximum atomic E-state index is 12.1. The number of rotatable bonds is 4. The fourth-order valence-electron chi connectivity index (χ4n) is 2.38. The predicted molar refractivity (Wildman–Crippen MR) is 97.2 cm³/mol. The molecule has 0 radical (unpaired) electrons. The van der Waals surface area contributed by atoms with E-state index in [1.807, 2.05) is 29.6 Å². The molecule has 1 N–H and O–H groups in total. The van der Waals surface area contributed by atoms with Crippen LogP contribution in [0.25, 0.3) is 16.2 Å². The first-order chi connectivity index (χ1) is 12.2. The average molecular weight is 419 g/mol. The number of nitrogens with zero attached hydrogens (tertiary/aromatic N) is 3. The molecule has 0 fully saturated rings. The molecule has 4 rings (SSSR count). The minimum Gasteiger partial charge on any atom is -0.496 e. The molecule has 0 spiro atoms. The second-order valence-electron chi connectivity index (χ2n) is 5.01. The van der Waals surface area contributed by atoms with Crippen molar-refractivity contribution in [3.05, 3.63) is 52.2 Å². The van der Waals surface area contributed by atoms with Gasteiger partial charge in [-0.1, -0.05) is 12.1 Å². The number of hydrogen-bond donors (Lipinski definition) is 1. The van der Waals surface area contributed by atoms with Crippen LogP contribution in [-0.4, -0.2) is 27.6 Å². The number of methoxy groups -OCH3 is 1. The van der Waals surface area contributed by atoms with Crippen LogP contribution in [0.5, 0.6) is 5.75 Å². The third kappa shape index (κ3) is 2.92. The fraction of sp³-hybridized carbons (Fsp3) is 0.0625. The van der Waals surface area contributed by atoms with Gasteiger partial charge in [-0.05, 0) is 40.2 Å².